The van der Waals surface area contributed by atoms with Gasteiger partial charge < -0.3 is 5.11 Å². The zero-order valence-electron chi connectivity index (χ0n) is 10.6. The van der Waals surface area contributed by atoms with Crippen LogP contribution in [0.25, 0.3) is 6.08 Å². The van der Waals surface area contributed by atoms with Crippen molar-refractivity contribution in [2.45, 2.75) is 6.42 Å². The summed E-state index contributed by atoms with van der Waals surface area (Å²) >= 11 is 0. The van der Waals surface area contributed by atoms with Gasteiger partial charge in [-0.05, 0) is 47.5 Å². The second-order valence-electron chi connectivity index (χ2n) is 4.75. The van der Waals surface area contributed by atoms with E-state index < -0.39 is 0 Å². The van der Waals surface area contributed by atoms with Gasteiger partial charge in [-0.1, -0.05) is 12.1 Å². The van der Waals surface area contributed by atoms with Gasteiger partial charge in [0.25, 0.3) is 0 Å². The van der Waals surface area contributed by atoms with Crippen LogP contribution in [0, 0.1) is 11.3 Å². The highest BCUT2D eigenvalue weighted by Crippen LogP contribution is 2.30. The fourth-order valence-corrected chi connectivity index (χ4v) is 2.42. The molecule has 96 valence electrons. The van der Waals surface area contributed by atoms with Crippen molar-refractivity contribution in [1.29, 1.82) is 5.26 Å². The van der Waals surface area contributed by atoms with Crippen LogP contribution in [-0.2, 0) is 6.42 Å². The molecule has 3 heteroatoms. The first-order chi connectivity index (χ1) is 9.67. The highest BCUT2D eigenvalue weighted by atomic mass is 16.3. The third-order valence-corrected chi connectivity index (χ3v) is 3.36. The van der Waals surface area contributed by atoms with Crippen molar-refractivity contribution < 1.29 is 9.90 Å². The number of hydrogen-bond acceptors (Lipinski definition) is 3. The second-order valence-corrected chi connectivity index (χ2v) is 4.75. The van der Waals surface area contributed by atoms with Crippen LogP contribution in [0.1, 0.15) is 27.0 Å². The largest absolute Gasteiger partial charge is 0.508 e. The fraction of sp³-hybridized carbons (Fsp3) is 0.0588. The Morgan fingerprint density at radius 2 is 2.05 bits per heavy atom. The van der Waals surface area contributed by atoms with Crippen molar-refractivity contribution in [3.63, 3.8) is 0 Å². The Morgan fingerprint density at radius 3 is 2.85 bits per heavy atom. The van der Waals surface area contributed by atoms with Crippen molar-refractivity contribution >= 4 is 11.9 Å². The lowest BCUT2D eigenvalue weighted by Crippen LogP contribution is -1.95. The minimum Gasteiger partial charge on any atom is -0.508 e. The van der Waals surface area contributed by atoms with Gasteiger partial charge in [0.1, 0.15) is 5.75 Å². The standard InChI is InChI=1S/C17H11NO2/c18-10-12-3-1-2-11(6-12)7-14-8-13-9-15(19)4-5-16(13)17(14)20/h1-7,9,19H,8H2/b14-7+. The summed E-state index contributed by atoms with van der Waals surface area (Å²) < 4.78 is 0. The normalized spacial score (nSPS) is 15.2. The first-order valence-electron chi connectivity index (χ1n) is 6.25. The Labute approximate surface area is 116 Å². The Morgan fingerprint density at radius 1 is 1.20 bits per heavy atom. The molecular weight excluding hydrogens is 250 g/mol. The van der Waals surface area contributed by atoms with E-state index in [2.05, 4.69) is 6.07 Å². The average Bonchev–Trinajstić information content (AvgIpc) is 2.75. The van der Waals surface area contributed by atoms with E-state index in [9.17, 15) is 9.90 Å². The summed E-state index contributed by atoms with van der Waals surface area (Å²) in [6, 6.07) is 14.0. The molecule has 0 amide bonds. The van der Waals surface area contributed by atoms with Gasteiger partial charge >= 0.3 is 0 Å². The molecule has 0 radical (unpaired) electrons. The smallest absolute Gasteiger partial charge is 0.189 e. The molecule has 0 bridgehead atoms. The summed E-state index contributed by atoms with van der Waals surface area (Å²) in [5.41, 5.74) is 3.58. The van der Waals surface area contributed by atoms with Crippen molar-refractivity contribution in [2.75, 3.05) is 0 Å². The van der Waals surface area contributed by atoms with E-state index >= 15 is 0 Å². The van der Waals surface area contributed by atoms with Crippen LogP contribution < -0.4 is 0 Å². The third kappa shape index (κ3) is 2.08. The maximum absolute atomic E-state index is 12.3. The molecule has 0 unspecified atom stereocenters. The molecule has 20 heavy (non-hydrogen) atoms. The molecule has 1 aliphatic carbocycles. The van der Waals surface area contributed by atoms with Gasteiger partial charge in [0.15, 0.2) is 5.78 Å². The molecule has 2 aromatic carbocycles. The lowest BCUT2D eigenvalue weighted by molar-refractivity contribution is 0.104. The van der Waals surface area contributed by atoms with Gasteiger partial charge in [-0.2, -0.15) is 5.26 Å². The number of hydrogen-bond donors (Lipinski definition) is 1. The number of Topliss-reactive ketones (excluding diaryl/α,β-unsaturated/α-hetero) is 1. The molecule has 3 rings (SSSR count). The van der Waals surface area contributed by atoms with Gasteiger partial charge in [-0.15, -0.1) is 0 Å². The van der Waals surface area contributed by atoms with Crippen LogP contribution in [0.4, 0.5) is 0 Å². The number of carbonyl (C=O) groups is 1. The highest BCUT2D eigenvalue weighted by molar-refractivity contribution is 6.15. The topological polar surface area (TPSA) is 61.1 Å². The molecule has 0 heterocycles. The van der Waals surface area contributed by atoms with E-state index in [4.69, 9.17) is 5.26 Å². The van der Waals surface area contributed by atoms with Crippen LogP contribution >= 0.6 is 0 Å². The quantitative estimate of drug-likeness (QED) is 0.802. The minimum atomic E-state index is -0.0117. The number of nitrogens with zero attached hydrogens (tertiary/aromatic N) is 1. The molecule has 3 nitrogen and oxygen atoms in total. The Hall–Kier alpha value is -2.86. The zero-order chi connectivity index (χ0) is 14.1. The van der Waals surface area contributed by atoms with E-state index in [1.54, 1.807) is 36.4 Å². The Bertz CT molecular complexity index is 782. The molecule has 2 aromatic rings. The summed E-state index contributed by atoms with van der Waals surface area (Å²) in [5.74, 6) is 0.159. The molecular formula is C17H11NO2. The lowest BCUT2D eigenvalue weighted by atomic mass is 10.1. The highest BCUT2D eigenvalue weighted by Gasteiger charge is 2.24. The molecule has 0 saturated carbocycles. The SMILES string of the molecule is N#Cc1cccc(/C=C2\Cc3cc(O)ccc3C2=O)c1. The molecule has 0 spiro atoms. The van der Waals surface area contributed by atoms with Crippen LogP contribution in [0.5, 0.6) is 5.75 Å². The number of rotatable bonds is 1. The molecule has 0 aliphatic heterocycles. The van der Waals surface area contributed by atoms with Gasteiger partial charge in [0.05, 0.1) is 11.6 Å². The number of fused-ring (bicyclic) bond motifs is 1. The number of carbonyl (C=O) groups excluding carboxylic acids is 1. The van der Waals surface area contributed by atoms with E-state index in [1.165, 1.54) is 6.07 Å². The summed E-state index contributed by atoms with van der Waals surface area (Å²) in [5, 5.41) is 18.3. The number of ketones is 1. The van der Waals surface area contributed by atoms with E-state index in [0.29, 0.717) is 23.1 Å². The van der Waals surface area contributed by atoms with Crippen molar-refractivity contribution in [2.24, 2.45) is 0 Å². The van der Waals surface area contributed by atoms with Gasteiger partial charge in [0.2, 0.25) is 0 Å². The maximum atomic E-state index is 12.3. The predicted molar refractivity (Wildman–Crippen MR) is 75.3 cm³/mol. The monoisotopic (exact) mass is 261 g/mol. The number of phenolic OH excluding ortho intramolecular Hbond substituents is 1. The summed E-state index contributed by atoms with van der Waals surface area (Å²) in [7, 11) is 0. The second kappa shape index (κ2) is 4.67. The first kappa shape index (κ1) is 12.2. The van der Waals surface area contributed by atoms with Gasteiger partial charge in [-0.25, -0.2) is 0 Å². The summed E-state index contributed by atoms with van der Waals surface area (Å²) in [4.78, 5) is 12.3. The van der Waals surface area contributed by atoms with Crippen LogP contribution in [0.2, 0.25) is 0 Å². The number of phenols is 1. The van der Waals surface area contributed by atoms with Crippen molar-refractivity contribution in [3.05, 3.63) is 70.3 Å². The Balaban J connectivity index is 1.99. The zero-order valence-corrected chi connectivity index (χ0v) is 10.6. The van der Waals surface area contributed by atoms with Crippen LogP contribution in [-0.4, -0.2) is 10.9 Å². The van der Waals surface area contributed by atoms with Crippen molar-refractivity contribution in [1.82, 2.24) is 0 Å². The minimum absolute atomic E-state index is 0.0117. The van der Waals surface area contributed by atoms with Gasteiger partial charge in [0, 0.05) is 17.6 Å². The van der Waals surface area contributed by atoms with Crippen LogP contribution in [0.3, 0.4) is 0 Å². The maximum Gasteiger partial charge on any atom is 0.189 e. The Kier molecular flexibility index (Phi) is 2.85. The summed E-state index contributed by atoms with van der Waals surface area (Å²) in [6.07, 6.45) is 2.32. The van der Waals surface area contributed by atoms with Crippen molar-refractivity contribution in [3.8, 4) is 11.8 Å². The van der Waals surface area contributed by atoms with E-state index in [0.717, 1.165) is 11.1 Å². The number of allylic oxidation sites excluding steroid dienone is 1. The predicted octanol–water partition coefficient (Wildman–Crippen LogP) is 3.09. The molecule has 1 aliphatic rings. The third-order valence-electron chi connectivity index (χ3n) is 3.36. The first-order valence-corrected chi connectivity index (χ1v) is 6.25. The van der Waals surface area contributed by atoms with E-state index in [-0.39, 0.29) is 11.5 Å². The summed E-state index contributed by atoms with van der Waals surface area (Å²) in [6.45, 7) is 0. The lowest BCUT2D eigenvalue weighted by Gasteiger charge is -1.97. The average molecular weight is 261 g/mol. The molecule has 0 atom stereocenters. The van der Waals surface area contributed by atoms with E-state index in [1.807, 2.05) is 6.07 Å². The molecule has 0 fully saturated rings. The molecule has 0 saturated heterocycles. The number of nitriles is 1. The number of benzene rings is 2. The van der Waals surface area contributed by atoms with Gasteiger partial charge in [-0.3, -0.25) is 4.79 Å². The fourth-order valence-electron chi connectivity index (χ4n) is 2.42. The molecule has 0 aromatic heterocycles. The molecule has 1 N–H and O–H groups in total. The van der Waals surface area contributed by atoms with Crippen LogP contribution in [0.15, 0.2) is 48.0 Å². The number of aromatic hydroxyl groups is 1.